The Bertz CT molecular complexity index is 1030. The topological polar surface area (TPSA) is 150 Å². The van der Waals surface area contributed by atoms with Crippen LogP contribution < -0.4 is 5.48 Å². The van der Waals surface area contributed by atoms with E-state index in [0.717, 1.165) is 26.2 Å². The van der Waals surface area contributed by atoms with Crippen LogP contribution in [0, 0.1) is 0 Å². The Morgan fingerprint density at radius 3 is 2.63 bits per heavy atom. The van der Waals surface area contributed by atoms with Crippen LogP contribution >= 0.6 is 11.3 Å². The number of nitrogens with one attached hydrogen (secondary N) is 1. The predicted octanol–water partition coefficient (Wildman–Crippen LogP) is -0.457. The Balaban J connectivity index is 1.93. The first-order valence-electron chi connectivity index (χ1n) is 7.56. The van der Waals surface area contributed by atoms with Gasteiger partial charge in [0.25, 0.3) is 15.9 Å². The van der Waals surface area contributed by atoms with E-state index in [1.807, 2.05) is 0 Å². The maximum atomic E-state index is 13.0. The molecule has 0 aliphatic carbocycles. The van der Waals surface area contributed by atoms with Gasteiger partial charge in [0.1, 0.15) is 22.2 Å². The van der Waals surface area contributed by atoms with Crippen LogP contribution in [-0.4, -0.2) is 73.6 Å². The average molecular weight is 436 g/mol. The average Bonchev–Trinajstić information content (AvgIpc) is 3.30. The van der Waals surface area contributed by atoms with Crippen molar-refractivity contribution in [3.63, 3.8) is 0 Å². The summed E-state index contributed by atoms with van der Waals surface area (Å²) in [5.74, 6) is -1.01. The minimum absolute atomic E-state index is 0.0379. The van der Waals surface area contributed by atoms with Crippen LogP contribution in [0.1, 0.15) is 0 Å². The van der Waals surface area contributed by atoms with E-state index < -0.39 is 38.5 Å². The molecule has 0 aromatic carbocycles. The van der Waals surface area contributed by atoms with Gasteiger partial charge in [-0.15, -0.1) is 11.3 Å². The molecular formula is C13H16N4O7S3. The van der Waals surface area contributed by atoms with E-state index in [0.29, 0.717) is 10.6 Å². The van der Waals surface area contributed by atoms with Gasteiger partial charge in [-0.3, -0.25) is 10.0 Å². The zero-order valence-electron chi connectivity index (χ0n) is 14.0. The summed E-state index contributed by atoms with van der Waals surface area (Å²) in [4.78, 5) is 12.6. The fourth-order valence-corrected chi connectivity index (χ4v) is 6.46. The summed E-state index contributed by atoms with van der Waals surface area (Å²) in [6.45, 7) is -0.731. The smallest absolute Gasteiger partial charge is 0.263 e. The van der Waals surface area contributed by atoms with Crippen LogP contribution in [0.25, 0.3) is 10.6 Å². The van der Waals surface area contributed by atoms with Crippen LogP contribution in [0.3, 0.4) is 0 Å². The van der Waals surface area contributed by atoms with Gasteiger partial charge in [-0.2, -0.15) is 8.61 Å². The van der Waals surface area contributed by atoms with E-state index in [2.05, 4.69) is 5.16 Å². The maximum Gasteiger partial charge on any atom is 0.263 e. The van der Waals surface area contributed by atoms with Crippen LogP contribution in [0.2, 0.25) is 0 Å². The molecule has 0 bridgehead atoms. The molecule has 148 valence electrons. The van der Waals surface area contributed by atoms with Gasteiger partial charge in [0.15, 0.2) is 0 Å². The zero-order valence-corrected chi connectivity index (χ0v) is 16.4. The maximum absolute atomic E-state index is 13.0. The van der Waals surface area contributed by atoms with Crippen molar-refractivity contribution in [1.82, 2.24) is 19.2 Å². The first-order chi connectivity index (χ1) is 12.6. The van der Waals surface area contributed by atoms with E-state index in [-0.39, 0.29) is 17.3 Å². The Hall–Kier alpha value is -1.84. The predicted molar refractivity (Wildman–Crippen MR) is 93.8 cm³/mol. The highest BCUT2D eigenvalue weighted by Gasteiger charge is 2.42. The molecular weight excluding hydrogens is 420 g/mol. The SMILES string of the molecule is CS(=O)(=O)N1CCN(S(=O)(=O)c2ccc(-c3ccon3)s2)[C@@H](C(=O)NO)C1. The van der Waals surface area contributed by atoms with Gasteiger partial charge in [0.2, 0.25) is 10.0 Å². The Labute approximate surface area is 159 Å². The van der Waals surface area contributed by atoms with Crippen LogP contribution in [0.5, 0.6) is 0 Å². The van der Waals surface area contributed by atoms with E-state index >= 15 is 0 Å². The monoisotopic (exact) mass is 436 g/mol. The zero-order chi connectivity index (χ0) is 19.8. The largest absolute Gasteiger partial charge is 0.364 e. The second-order valence-electron chi connectivity index (χ2n) is 5.73. The van der Waals surface area contributed by atoms with Crippen molar-refractivity contribution in [1.29, 1.82) is 0 Å². The Morgan fingerprint density at radius 2 is 2.04 bits per heavy atom. The number of carbonyl (C=O) groups excluding carboxylic acids is 1. The summed E-state index contributed by atoms with van der Waals surface area (Å²) in [5.41, 5.74) is 1.87. The molecule has 2 N–H and O–H groups in total. The van der Waals surface area contributed by atoms with Crippen LogP contribution in [0.15, 0.2) is 33.2 Å². The number of thiophene rings is 1. The minimum Gasteiger partial charge on any atom is -0.364 e. The molecule has 1 aliphatic heterocycles. The second kappa shape index (κ2) is 7.29. The summed E-state index contributed by atoms with van der Waals surface area (Å²) in [7, 11) is -7.73. The van der Waals surface area contributed by atoms with E-state index in [4.69, 9.17) is 9.73 Å². The molecule has 1 fully saturated rings. The van der Waals surface area contributed by atoms with Crippen molar-refractivity contribution in [3.8, 4) is 10.6 Å². The lowest BCUT2D eigenvalue weighted by molar-refractivity contribution is -0.134. The molecule has 14 heteroatoms. The van der Waals surface area contributed by atoms with Crippen molar-refractivity contribution in [2.24, 2.45) is 0 Å². The third-order valence-corrected chi connectivity index (χ3v) is 8.76. The standard InChI is InChI=1S/C13H16N4O7S3/c1-26(20,21)16-5-6-17(10(8-16)13(18)14-19)27(22,23)12-3-2-11(25-12)9-4-7-24-15-9/h2-4,7,10,19H,5-6,8H2,1H3,(H,14,18)/t10-/m1/s1. The van der Waals surface area contributed by atoms with Crippen molar-refractivity contribution in [2.75, 3.05) is 25.9 Å². The van der Waals surface area contributed by atoms with E-state index in [9.17, 15) is 21.6 Å². The number of rotatable bonds is 5. The third kappa shape index (κ3) is 3.90. The van der Waals surface area contributed by atoms with E-state index in [1.54, 1.807) is 12.1 Å². The number of hydrogen-bond donors (Lipinski definition) is 2. The summed E-state index contributed by atoms with van der Waals surface area (Å²) >= 11 is 0.941. The van der Waals surface area contributed by atoms with Gasteiger partial charge in [-0.1, -0.05) is 5.16 Å². The lowest BCUT2D eigenvalue weighted by Crippen LogP contribution is -2.60. The molecule has 2 aromatic rings. The Morgan fingerprint density at radius 1 is 1.30 bits per heavy atom. The lowest BCUT2D eigenvalue weighted by atomic mass is 10.2. The van der Waals surface area contributed by atoms with Gasteiger partial charge in [-0.25, -0.2) is 22.3 Å². The molecule has 3 heterocycles. The molecule has 0 spiro atoms. The van der Waals surface area contributed by atoms with Crippen molar-refractivity contribution >= 4 is 37.3 Å². The van der Waals surface area contributed by atoms with Crippen molar-refractivity contribution in [2.45, 2.75) is 10.3 Å². The van der Waals surface area contributed by atoms with Gasteiger partial charge in [0, 0.05) is 25.7 Å². The first kappa shape index (κ1) is 19.9. The van der Waals surface area contributed by atoms with Crippen molar-refractivity contribution in [3.05, 3.63) is 24.5 Å². The van der Waals surface area contributed by atoms with Gasteiger partial charge in [0.05, 0.1) is 11.1 Å². The molecule has 0 saturated carbocycles. The highest BCUT2D eigenvalue weighted by Crippen LogP contribution is 2.33. The van der Waals surface area contributed by atoms with Crippen LogP contribution in [0.4, 0.5) is 0 Å². The second-order valence-corrected chi connectivity index (χ2v) is 10.9. The normalized spacial score (nSPS) is 19.9. The molecule has 1 atom stereocenters. The fraction of sp³-hybridized carbons (Fsp3) is 0.385. The highest BCUT2D eigenvalue weighted by atomic mass is 32.2. The molecule has 1 aliphatic rings. The summed E-state index contributed by atoms with van der Waals surface area (Å²) < 4.78 is 56.1. The summed E-state index contributed by atoms with van der Waals surface area (Å²) in [6, 6.07) is 3.11. The third-order valence-electron chi connectivity index (χ3n) is 4.01. The molecule has 27 heavy (non-hydrogen) atoms. The number of nitrogens with zero attached hydrogens (tertiary/aromatic N) is 3. The molecule has 2 aromatic heterocycles. The molecule has 11 nitrogen and oxygen atoms in total. The van der Waals surface area contributed by atoms with E-state index in [1.165, 1.54) is 17.8 Å². The highest BCUT2D eigenvalue weighted by molar-refractivity contribution is 7.91. The Kier molecular flexibility index (Phi) is 5.38. The number of amides is 1. The van der Waals surface area contributed by atoms with Gasteiger partial charge in [-0.05, 0) is 12.1 Å². The minimum atomic E-state index is -4.11. The lowest BCUT2D eigenvalue weighted by Gasteiger charge is -2.37. The molecule has 3 rings (SSSR count). The number of hydrogen-bond acceptors (Lipinski definition) is 9. The van der Waals surface area contributed by atoms with Gasteiger partial charge < -0.3 is 4.52 Å². The molecule has 1 amide bonds. The number of sulfonamides is 2. The van der Waals surface area contributed by atoms with Crippen molar-refractivity contribution < 1.29 is 31.4 Å². The number of aromatic nitrogens is 1. The van der Waals surface area contributed by atoms with Gasteiger partial charge >= 0.3 is 0 Å². The molecule has 0 radical (unpaired) electrons. The fourth-order valence-electron chi connectivity index (χ4n) is 2.67. The number of hydroxylamine groups is 1. The van der Waals surface area contributed by atoms with Crippen LogP contribution in [-0.2, 0) is 24.8 Å². The molecule has 1 saturated heterocycles. The summed E-state index contributed by atoms with van der Waals surface area (Å²) in [5, 5.41) is 12.7. The molecule has 0 unspecified atom stereocenters. The summed E-state index contributed by atoms with van der Waals surface area (Å²) in [6.07, 6.45) is 2.32. The number of carbonyl (C=O) groups is 1. The quantitative estimate of drug-likeness (QED) is 0.472. The first-order valence-corrected chi connectivity index (χ1v) is 11.7. The number of piperazine rings is 1.